The van der Waals surface area contributed by atoms with E-state index in [0.29, 0.717) is 5.56 Å². The first-order chi connectivity index (χ1) is 12.2. The third kappa shape index (κ3) is 3.86. The van der Waals surface area contributed by atoms with Crippen LogP contribution in [0.1, 0.15) is 23.0 Å². The number of hydrogen-bond donors (Lipinski definition) is 1. The molecule has 1 aliphatic carbocycles. The van der Waals surface area contributed by atoms with Crippen LogP contribution in [0.15, 0.2) is 78.5 Å². The van der Waals surface area contributed by atoms with Crippen LogP contribution in [0, 0.1) is 0 Å². The number of methoxy groups -OCH3 is 1. The summed E-state index contributed by atoms with van der Waals surface area (Å²) in [7, 11) is 1.60. The van der Waals surface area contributed by atoms with Crippen molar-refractivity contribution in [3.05, 3.63) is 89.8 Å². The molecule has 1 aromatic heterocycles. The minimum absolute atomic E-state index is 0.126. The van der Waals surface area contributed by atoms with Gasteiger partial charge in [-0.15, -0.1) is 0 Å². The van der Waals surface area contributed by atoms with Crippen molar-refractivity contribution in [1.29, 1.82) is 0 Å². The minimum Gasteiger partial charge on any atom is -0.497 e. The Bertz CT molecular complexity index is 834. The Morgan fingerprint density at radius 2 is 1.92 bits per heavy atom. The molecule has 1 heterocycles. The molecule has 1 amide bonds. The Balaban J connectivity index is 1.83. The zero-order valence-electron chi connectivity index (χ0n) is 14.3. The summed E-state index contributed by atoms with van der Waals surface area (Å²) >= 11 is 0. The predicted octanol–water partition coefficient (Wildman–Crippen LogP) is 3.79. The van der Waals surface area contributed by atoms with Crippen LogP contribution in [-0.4, -0.2) is 24.0 Å². The van der Waals surface area contributed by atoms with E-state index in [1.54, 1.807) is 37.6 Å². The van der Waals surface area contributed by atoms with Crippen LogP contribution in [0.3, 0.4) is 0 Å². The number of rotatable bonds is 4. The molecule has 1 unspecified atom stereocenters. The molecule has 0 radical (unpaired) electrons. The maximum atomic E-state index is 12.6. The molecule has 1 N–H and O–H groups in total. The molecular formula is C21H20N2O2. The van der Waals surface area contributed by atoms with Crippen LogP contribution in [0.4, 0.5) is 0 Å². The highest BCUT2D eigenvalue weighted by Crippen LogP contribution is 2.23. The molecule has 1 atom stereocenters. The third-order valence-electron chi connectivity index (χ3n) is 4.15. The lowest BCUT2D eigenvalue weighted by Gasteiger charge is -2.21. The van der Waals surface area contributed by atoms with Crippen molar-refractivity contribution < 1.29 is 9.53 Å². The molecule has 126 valence electrons. The fraction of sp³-hybridized carbons (Fsp3) is 0.143. The molecule has 2 aromatic rings. The first-order valence-corrected chi connectivity index (χ1v) is 8.11. The van der Waals surface area contributed by atoms with Gasteiger partial charge < -0.3 is 10.1 Å². The molecule has 4 nitrogen and oxygen atoms in total. The average Bonchev–Trinajstić information content (AvgIpc) is 2.68. The molecule has 0 saturated carbocycles. The Morgan fingerprint density at radius 1 is 1.12 bits per heavy atom. The molecule has 3 rings (SSSR count). The van der Waals surface area contributed by atoms with Gasteiger partial charge in [0.15, 0.2) is 0 Å². The molecule has 0 bridgehead atoms. The van der Waals surface area contributed by atoms with Gasteiger partial charge in [0.05, 0.1) is 18.8 Å². The van der Waals surface area contributed by atoms with E-state index in [2.05, 4.69) is 10.3 Å². The van der Waals surface area contributed by atoms with Gasteiger partial charge in [0.1, 0.15) is 5.75 Å². The van der Waals surface area contributed by atoms with E-state index in [4.69, 9.17) is 4.74 Å². The van der Waals surface area contributed by atoms with E-state index in [1.165, 1.54) is 0 Å². The van der Waals surface area contributed by atoms with E-state index in [1.807, 2.05) is 49.4 Å². The van der Waals surface area contributed by atoms with E-state index in [9.17, 15) is 4.79 Å². The van der Waals surface area contributed by atoms with Gasteiger partial charge in [-0.2, -0.15) is 0 Å². The van der Waals surface area contributed by atoms with E-state index < -0.39 is 0 Å². The van der Waals surface area contributed by atoms with Crippen molar-refractivity contribution in [1.82, 2.24) is 10.3 Å². The van der Waals surface area contributed by atoms with Crippen LogP contribution in [0.25, 0.3) is 5.57 Å². The van der Waals surface area contributed by atoms with Crippen molar-refractivity contribution in [3.8, 4) is 5.75 Å². The number of carbonyl (C=O) groups is 1. The van der Waals surface area contributed by atoms with Gasteiger partial charge in [-0.25, -0.2) is 0 Å². The first-order valence-electron chi connectivity index (χ1n) is 8.11. The Hall–Kier alpha value is -3.14. The lowest BCUT2D eigenvalue weighted by atomic mass is 9.95. The summed E-state index contributed by atoms with van der Waals surface area (Å²) in [6.07, 6.45) is 9.67. The second-order valence-corrected chi connectivity index (χ2v) is 5.72. The van der Waals surface area contributed by atoms with Gasteiger partial charge in [-0.1, -0.05) is 30.4 Å². The Labute approximate surface area is 147 Å². The maximum Gasteiger partial charge on any atom is 0.252 e. The number of nitrogens with zero attached hydrogens (tertiary/aromatic N) is 1. The van der Waals surface area contributed by atoms with Crippen LogP contribution in [0.2, 0.25) is 0 Å². The van der Waals surface area contributed by atoms with Crippen LogP contribution < -0.4 is 10.1 Å². The summed E-state index contributed by atoms with van der Waals surface area (Å²) in [5.41, 5.74) is 3.57. The molecular weight excluding hydrogens is 312 g/mol. The Morgan fingerprint density at radius 3 is 2.60 bits per heavy atom. The van der Waals surface area contributed by atoms with Gasteiger partial charge in [0.25, 0.3) is 5.91 Å². The first kappa shape index (κ1) is 16.7. The van der Waals surface area contributed by atoms with Gasteiger partial charge in [0, 0.05) is 11.8 Å². The number of carbonyl (C=O) groups excluding carboxylic acids is 1. The molecule has 0 spiro atoms. The molecule has 1 aromatic carbocycles. The number of benzene rings is 1. The molecule has 1 aliphatic rings. The lowest BCUT2D eigenvalue weighted by molar-refractivity contribution is 0.0949. The molecule has 25 heavy (non-hydrogen) atoms. The summed E-state index contributed by atoms with van der Waals surface area (Å²) in [5.74, 6) is 0.600. The monoisotopic (exact) mass is 332 g/mol. The normalized spacial score (nSPS) is 17.9. The van der Waals surface area contributed by atoms with Crippen molar-refractivity contribution >= 4 is 11.5 Å². The van der Waals surface area contributed by atoms with Gasteiger partial charge in [0.2, 0.25) is 0 Å². The largest absolute Gasteiger partial charge is 0.497 e. The number of amides is 1. The number of nitrogens with one attached hydrogen (secondary N) is 1. The topological polar surface area (TPSA) is 51.2 Å². The fourth-order valence-corrected chi connectivity index (χ4v) is 2.73. The van der Waals surface area contributed by atoms with Crippen LogP contribution >= 0.6 is 0 Å². The number of hydrogen-bond acceptors (Lipinski definition) is 3. The van der Waals surface area contributed by atoms with Crippen molar-refractivity contribution in [2.75, 3.05) is 7.11 Å². The summed E-state index contributed by atoms with van der Waals surface area (Å²) in [6.45, 7) is 2.02. The summed E-state index contributed by atoms with van der Waals surface area (Å²) in [5, 5.41) is 3.07. The van der Waals surface area contributed by atoms with E-state index in [0.717, 1.165) is 22.6 Å². The van der Waals surface area contributed by atoms with Crippen molar-refractivity contribution in [3.63, 3.8) is 0 Å². The van der Waals surface area contributed by atoms with Crippen molar-refractivity contribution in [2.45, 2.75) is 13.0 Å². The SMILES string of the molecule is COc1ccc(C(=O)NC2C=CC=CC2=C(C)c2ccccn2)cc1. The third-order valence-corrected chi connectivity index (χ3v) is 4.15. The van der Waals surface area contributed by atoms with E-state index >= 15 is 0 Å². The van der Waals surface area contributed by atoms with Crippen LogP contribution in [-0.2, 0) is 0 Å². The highest BCUT2D eigenvalue weighted by atomic mass is 16.5. The maximum absolute atomic E-state index is 12.6. The minimum atomic E-state index is -0.193. The highest BCUT2D eigenvalue weighted by Gasteiger charge is 2.18. The molecule has 0 aliphatic heterocycles. The zero-order chi connectivity index (χ0) is 17.6. The average molecular weight is 332 g/mol. The molecule has 4 heteroatoms. The van der Waals surface area contributed by atoms with Gasteiger partial charge in [-0.3, -0.25) is 9.78 Å². The lowest BCUT2D eigenvalue weighted by Crippen LogP contribution is -2.35. The number of allylic oxidation sites excluding steroid dienone is 3. The number of aromatic nitrogens is 1. The Kier molecular flexibility index (Phi) is 5.09. The fourth-order valence-electron chi connectivity index (χ4n) is 2.73. The quantitative estimate of drug-likeness (QED) is 0.927. The van der Waals surface area contributed by atoms with E-state index in [-0.39, 0.29) is 11.9 Å². The molecule has 0 fully saturated rings. The van der Waals surface area contributed by atoms with Crippen molar-refractivity contribution in [2.24, 2.45) is 0 Å². The molecule has 0 saturated heterocycles. The summed E-state index contributed by atoms with van der Waals surface area (Å²) in [4.78, 5) is 17.0. The van der Waals surface area contributed by atoms with Gasteiger partial charge in [-0.05, 0) is 54.5 Å². The predicted molar refractivity (Wildman–Crippen MR) is 99.4 cm³/mol. The summed E-state index contributed by atoms with van der Waals surface area (Å²) in [6, 6.07) is 12.7. The zero-order valence-corrected chi connectivity index (χ0v) is 14.3. The van der Waals surface area contributed by atoms with Gasteiger partial charge >= 0.3 is 0 Å². The second kappa shape index (κ2) is 7.62. The summed E-state index contributed by atoms with van der Waals surface area (Å²) < 4.78 is 5.13. The standard InChI is InChI=1S/C21H20N2O2/c1-15(19-8-5-6-14-22-19)18-7-3-4-9-20(18)23-21(24)16-10-12-17(25-2)13-11-16/h3-14,20H,1-2H3,(H,23,24). The smallest absolute Gasteiger partial charge is 0.252 e. The highest BCUT2D eigenvalue weighted by molar-refractivity contribution is 5.95. The second-order valence-electron chi connectivity index (χ2n) is 5.72. The number of ether oxygens (including phenoxy) is 1. The number of pyridine rings is 1. The van der Waals surface area contributed by atoms with Crippen LogP contribution in [0.5, 0.6) is 5.75 Å².